The quantitative estimate of drug-likeness (QED) is 0.870. The Morgan fingerprint density at radius 1 is 1.37 bits per heavy atom. The minimum Gasteiger partial charge on any atom is -0.497 e. The normalized spacial score (nSPS) is 18.4. The highest BCUT2D eigenvalue weighted by Crippen LogP contribution is 2.30. The van der Waals surface area contributed by atoms with Crippen molar-refractivity contribution in [2.24, 2.45) is 5.92 Å². The van der Waals surface area contributed by atoms with Gasteiger partial charge in [-0.2, -0.15) is 5.10 Å². The van der Waals surface area contributed by atoms with E-state index in [1.165, 1.54) is 0 Å². The lowest BCUT2D eigenvalue weighted by molar-refractivity contribution is -0.143. The van der Waals surface area contributed by atoms with Gasteiger partial charge in [-0.15, -0.1) is 0 Å². The number of ether oxygens (including phenoxy) is 1. The topological polar surface area (TPSA) is 67.6 Å². The van der Waals surface area contributed by atoms with Crippen LogP contribution in [-0.2, 0) is 16.9 Å². The van der Waals surface area contributed by atoms with Crippen molar-refractivity contribution in [1.29, 1.82) is 0 Å². The Balaban J connectivity index is 1.93. The van der Waals surface area contributed by atoms with Crippen molar-refractivity contribution in [3.63, 3.8) is 0 Å². The number of nitrogens with zero attached hydrogens (tertiary/aromatic N) is 3. The second kappa shape index (κ2) is 7.72. The Bertz CT molecular complexity index is 807. The van der Waals surface area contributed by atoms with Gasteiger partial charge in [0.2, 0.25) is 0 Å². The van der Waals surface area contributed by atoms with Crippen LogP contribution in [0.4, 0.5) is 0 Å². The van der Waals surface area contributed by atoms with Gasteiger partial charge in [-0.3, -0.25) is 14.4 Å². The zero-order valence-corrected chi connectivity index (χ0v) is 16.6. The van der Waals surface area contributed by atoms with E-state index < -0.39 is 5.97 Å². The van der Waals surface area contributed by atoms with Crippen LogP contribution in [0.25, 0.3) is 11.3 Å². The summed E-state index contributed by atoms with van der Waals surface area (Å²) in [6.07, 6.45) is 3.77. The summed E-state index contributed by atoms with van der Waals surface area (Å²) >= 11 is 0. The van der Waals surface area contributed by atoms with E-state index in [4.69, 9.17) is 9.84 Å². The molecule has 3 rings (SSSR count). The first-order valence-electron chi connectivity index (χ1n) is 9.46. The Labute approximate surface area is 160 Å². The third kappa shape index (κ3) is 4.50. The maximum Gasteiger partial charge on any atom is 0.307 e. The number of likely N-dealkylation sites (tertiary alicyclic amines) is 1. The molecule has 0 spiro atoms. The van der Waals surface area contributed by atoms with Crippen molar-refractivity contribution < 1.29 is 14.6 Å². The standard InChI is InChI=1S/C21H29N3O3/c1-21(2,3)24-14-17(13-23-10-6-8-16(12-23)20(25)26)19(22-24)15-7-5-9-18(11-15)27-4/h5,7,9,11,14,16H,6,8,10,12-13H2,1-4H3,(H,25,26). The minimum atomic E-state index is -0.696. The first-order chi connectivity index (χ1) is 12.8. The van der Waals surface area contributed by atoms with Gasteiger partial charge in [-0.05, 0) is 52.3 Å². The van der Waals surface area contributed by atoms with Crippen LogP contribution in [0.15, 0.2) is 30.5 Å². The molecule has 0 aliphatic carbocycles. The van der Waals surface area contributed by atoms with E-state index in [1.807, 2.05) is 28.9 Å². The van der Waals surface area contributed by atoms with E-state index in [1.54, 1.807) is 7.11 Å². The number of methoxy groups -OCH3 is 1. The maximum atomic E-state index is 11.4. The van der Waals surface area contributed by atoms with E-state index >= 15 is 0 Å². The van der Waals surface area contributed by atoms with Crippen molar-refractivity contribution >= 4 is 5.97 Å². The van der Waals surface area contributed by atoms with Gasteiger partial charge in [0.15, 0.2) is 0 Å². The number of carbonyl (C=O) groups is 1. The molecule has 2 aromatic rings. The molecular formula is C21H29N3O3. The Hall–Kier alpha value is -2.34. The Morgan fingerprint density at radius 2 is 2.15 bits per heavy atom. The lowest BCUT2D eigenvalue weighted by Gasteiger charge is -2.30. The summed E-state index contributed by atoms with van der Waals surface area (Å²) in [5.41, 5.74) is 2.93. The average Bonchev–Trinajstić information content (AvgIpc) is 3.06. The van der Waals surface area contributed by atoms with Gasteiger partial charge in [-0.25, -0.2) is 0 Å². The highest BCUT2D eigenvalue weighted by molar-refractivity contribution is 5.70. The predicted octanol–water partition coefficient (Wildman–Crippen LogP) is 3.61. The molecule has 1 saturated heterocycles. The fourth-order valence-electron chi connectivity index (χ4n) is 3.52. The number of benzene rings is 1. The third-order valence-electron chi connectivity index (χ3n) is 5.07. The minimum absolute atomic E-state index is 0.128. The molecule has 1 atom stereocenters. The molecule has 0 radical (unpaired) electrons. The highest BCUT2D eigenvalue weighted by atomic mass is 16.5. The molecule has 1 aromatic carbocycles. The lowest BCUT2D eigenvalue weighted by Crippen LogP contribution is -2.38. The number of hydrogen-bond acceptors (Lipinski definition) is 4. The number of aliphatic carboxylic acids is 1. The van der Waals surface area contributed by atoms with Crippen LogP contribution in [0.2, 0.25) is 0 Å². The SMILES string of the molecule is COc1cccc(-c2nn(C(C)(C)C)cc2CN2CCCC(C(=O)O)C2)c1. The van der Waals surface area contributed by atoms with Crippen LogP contribution in [0.1, 0.15) is 39.2 Å². The number of carboxylic acid groups (broad SMARTS) is 1. The Morgan fingerprint density at radius 3 is 2.81 bits per heavy atom. The molecule has 2 heterocycles. The molecule has 1 aromatic heterocycles. The summed E-state index contributed by atoms with van der Waals surface area (Å²) in [6, 6.07) is 7.92. The molecule has 0 amide bonds. The number of piperidine rings is 1. The van der Waals surface area contributed by atoms with Crippen LogP contribution in [0, 0.1) is 5.92 Å². The summed E-state index contributed by atoms with van der Waals surface area (Å²) in [6.45, 7) is 8.59. The van der Waals surface area contributed by atoms with E-state index in [9.17, 15) is 9.90 Å². The molecule has 27 heavy (non-hydrogen) atoms. The summed E-state index contributed by atoms with van der Waals surface area (Å²) in [5.74, 6) is -0.178. The molecule has 1 aliphatic heterocycles. The van der Waals surface area contributed by atoms with Gasteiger partial charge in [0.25, 0.3) is 0 Å². The van der Waals surface area contributed by atoms with Crippen LogP contribution in [-0.4, -0.2) is 46.0 Å². The number of aromatic nitrogens is 2. The summed E-state index contributed by atoms with van der Waals surface area (Å²) in [4.78, 5) is 13.6. The van der Waals surface area contributed by atoms with Gasteiger partial charge >= 0.3 is 5.97 Å². The van der Waals surface area contributed by atoms with Crippen molar-refractivity contribution in [2.45, 2.75) is 45.7 Å². The molecule has 1 aliphatic rings. The second-order valence-corrected chi connectivity index (χ2v) is 8.26. The molecule has 1 fully saturated rings. The first-order valence-corrected chi connectivity index (χ1v) is 9.46. The molecule has 146 valence electrons. The number of carboxylic acids is 1. The van der Waals surface area contributed by atoms with Gasteiger partial charge in [0.1, 0.15) is 5.75 Å². The molecule has 0 saturated carbocycles. The monoisotopic (exact) mass is 371 g/mol. The van der Waals surface area contributed by atoms with Crippen molar-refractivity contribution in [3.8, 4) is 17.0 Å². The Kier molecular flexibility index (Phi) is 5.56. The fourth-order valence-corrected chi connectivity index (χ4v) is 3.52. The highest BCUT2D eigenvalue weighted by Gasteiger charge is 2.27. The molecule has 6 nitrogen and oxygen atoms in total. The van der Waals surface area contributed by atoms with E-state index in [-0.39, 0.29) is 11.5 Å². The number of rotatable bonds is 5. The summed E-state index contributed by atoms with van der Waals surface area (Å²) in [7, 11) is 1.66. The molecular weight excluding hydrogens is 342 g/mol. The van der Waals surface area contributed by atoms with Crippen LogP contribution in [0.5, 0.6) is 5.75 Å². The van der Waals surface area contributed by atoms with Crippen molar-refractivity contribution in [3.05, 3.63) is 36.0 Å². The first kappa shape index (κ1) is 19.4. The lowest BCUT2D eigenvalue weighted by atomic mass is 9.97. The zero-order valence-electron chi connectivity index (χ0n) is 16.6. The predicted molar refractivity (Wildman–Crippen MR) is 105 cm³/mol. The summed E-state index contributed by atoms with van der Waals surface area (Å²) in [5, 5.41) is 14.2. The van der Waals surface area contributed by atoms with Crippen molar-refractivity contribution in [2.75, 3.05) is 20.2 Å². The van der Waals surface area contributed by atoms with E-state index in [0.717, 1.165) is 42.0 Å². The maximum absolute atomic E-state index is 11.4. The summed E-state index contributed by atoms with van der Waals surface area (Å²) < 4.78 is 7.37. The zero-order chi connectivity index (χ0) is 19.6. The van der Waals surface area contributed by atoms with Crippen LogP contribution >= 0.6 is 0 Å². The van der Waals surface area contributed by atoms with Gasteiger partial charge in [0.05, 0.1) is 24.3 Å². The van der Waals surface area contributed by atoms with Crippen LogP contribution < -0.4 is 4.74 Å². The number of hydrogen-bond donors (Lipinski definition) is 1. The van der Waals surface area contributed by atoms with E-state index in [2.05, 4.69) is 31.9 Å². The second-order valence-electron chi connectivity index (χ2n) is 8.26. The average molecular weight is 371 g/mol. The molecule has 1 N–H and O–H groups in total. The largest absolute Gasteiger partial charge is 0.497 e. The molecule has 0 bridgehead atoms. The van der Waals surface area contributed by atoms with Gasteiger partial charge < -0.3 is 9.84 Å². The van der Waals surface area contributed by atoms with Crippen LogP contribution in [0.3, 0.4) is 0 Å². The molecule has 6 heteroatoms. The van der Waals surface area contributed by atoms with Crippen molar-refractivity contribution in [1.82, 2.24) is 14.7 Å². The van der Waals surface area contributed by atoms with Gasteiger partial charge in [-0.1, -0.05) is 12.1 Å². The fraction of sp³-hybridized carbons (Fsp3) is 0.524. The smallest absolute Gasteiger partial charge is 0.307 e. The van der Waals surface area contributed by atoms with E-state index in [0.29, 0.717) is 13.1 Å². The molecule has 1 unspecified atom stereocenters. The third-order valence-corrected chi connectivity index (χ3v) is 5.07. The van der Waals surface area contributed by atoms with Gasteiger partial charge in [0, 0.05) is 30.4 Å².